The molecule has 204 valence electrons. The summed E-state index contributed by atoms with van der Waals surface area (Å²) in [5.74, 6) is 1.54. The highest BCUT2D eigenvalue weighted by Crippen LogP contribution is 2.51. The highest BCUT2D eigenvalue weighted by Gasteiger charge is 2.46. The maximum atomic E-state index is 13.8. The maximum Gasteiger partial charge on any atom is 0.255 e. The molecule has 8 nitrogen and oxygen atoms in total. The van der Waals surface area contributed by atoms with Gasteiger partial charge in [0.1, 0.15) is 17.3 Å². The molecule has 2 aromatic heterocycles. The van der Waals surface area contributed by atoms with E-state index in [2.05, 4.69) is 9.80 Å². The zero-order chi connectivity index (χ0) is 26.2. The molecule has 2 N–H and O–H groups in total. The lowest BCUT2D eigenvalue weighted by Crippen LogP contribution is -2.45. The van der Waals surface area contributed by atoms with Gasteiger partial charge in [-0.2, -0.15) is 0 Å². The van der Waals surface area contributed by atoms with Gasteiger partial charge in [-0.15, -0.1) is 0 Å². The van der Waals surface area contributed by atoms with Crippen LogP contribution in [0.1, 0.15) is 66.5 Å². The number of benzene rings is 1. The highest BCUT2D eigenvalue weighted by molar-refractivity contribution is 6.11. The van der Waals surface area contributed by atoms with Gasteiger partial charge in [-0.05, 0) is 73.8 Å². The lowest BCUT2D eigenvalue weighted by atomic mass is 9.73. The average molecular weight is 530 g/mol. The van der Waals surface area contributed by atoms with Crippen molar-refractivity contribution in [3.63, 3.8) is 0 Å². The number of aliphatic imine (C=N–C) groups is 1. The Labute approximate surface area is 228 Å². The van der Waals surface area contributed by atoms with E-state index in [4.69, 9.17) is 20.7 Å². The molecule has 5 heterocycles. The van der Waals surface area contributed by atoms with Crippen molar-refractivity contribution in [2.45, 2.75) is 59.0 Å². The van der Waals surface area contributed by atoms with Gasteiger partial charge in [-0.3, -0.25) is 9.79 Å². The summed E-state index contributed by atoms with van der Waals surface area (Å²) in [6.07, 6.45) is 6.21. The van der Waals surface area contributed by atoms with Crippen LogP contribution in [0.25, 0.3) is 0 Å². The summed E-state index contributed by atoms with van der Waals surface area (Å²) in [6, 6.07) is 6.99. The summed E-state index contributed by atoms with van der Waals surface area (Å²) < 4.78 is 15.5. The van der Waals surface area contributed by atoms with Crippen LogP contribution in [0.4, 0.5) is 15.9 Å². The molecule has 4 aliphatic rings. The van der Waals surface area contributed by atoms with Crippen molar-refractivity contribution in [2.75, 3.05) is 29.4 Å². The molecule has 0 saturated carbocycles. The average Bonchev–Trinajstić information content (AvgIpc) is 3.43. The van der Waals surface area contributed by atoms with Crippen LogP contribution >= 0.6 is 0 Å². The van der Waals surface area contributed by atoms with E-state index in [1.807, 2.05) is 25.3 Å². The van der Waals surface area contributed by atoms with Crippen molar-refractivity contribution in [2.24, 2.45) is 23.2 Å². The number of aromatic nitrogens is 3. The summed E-state index contributed by atoms with van der Waals surface area (Å²) in [5, 5.41) is 0. The molecule has 3 aromatic rings. The van der Waals surface area contributed by atoms with Gasteiger partial charge in [-0.1, -0.05) is 13.5 Å². The van der Waals surface area contributed by atoms with E-state index in [0.717, 1.165) is 103 Å². The fourth-order valence-corrected chi connectivity index (χ4v) is 6.99. The van der Waals surface area contributed by atoms with Crippen molar-refractivity contribution < 1.29 is 4.39 Å². The molecule has 1 aliphatic carbocycles. The lowest BCUT2D eigenvalue weighted by Gasteiger charge is -2.43. The molecule has 7 rings (SSSR count). The van der Waals surface area contributed by atoms with E-state index in [1.54, 1.807) is 17.7 Å². The summed E-state index contributed by atoms with van der Waals surface area (Å²) in [6.45, 7) is 5.00. The Morgan fingerprint density at radius 2 is 1.92 bits per heavy atom. The van der Waals surface area contributed by atoms with E-state index in [-0.39, 0.29) is 30.3 Å². The van der Waals surface area contributed by atoms with E-state index < -0.39 is 0 Å². The summed E-state index contributed by atoms with van der Waals surface area (Å²) in [5.41, 5.74) is 13.3. The predicted molar refractivity (Wildman–Crippen MR) is 152 cm³/mol. The number of nitrogens with zero attached hydrogens (tertiary/aromatic N) is 6. The largest absolute Gasteiger partial charge is 0.355 e. The monoisotopic (exact) mass is 529 g/mol. The molecule has 3 aliphatic heterocycles. The van der Waals surface area contributed by atoms with Crippen LogP contribution in [0.15, 0.2) is 40.2 Å². The van der Waals surface area contributed by atoms with Gasteiger partial charge in [0.05, 0.1) is 23.6 Å². The number of aryl methyl sites for hydroxylation is 2. The second-order valence-corrected chi connectivity index (χ2v) is 11.3. The van der Waals surface area contributed by atoms with Crippen molar-refractivity contribution in [3.05, 3.63) is 80.4 Å². The Morgan fingerprint density at radius 3 is 2.72 bits per heavy atom. The van der Waals surface area contributed by atoms with Crippen LogP contribution in [0, 0.1) is 18.2 Å². The van der Waals surface area contributed by atoms with Gasteiger partial charge in [0.2, 0.25) is 0 Å². The summed E-state index contributed by atoms with van der Waals surface area (Å²) >= 11 is 0. The zero-order valence-electron chi connectivity index (χ0n) is 21.9. The van der Waals surface area contributed by atoms with Gasteiger partial charge >= 0.3 is 0 Å². The Kier molecular flexibility index (Phi) is 6.10. The molecule has 1 spiro atoms. The van der Waals surface area contributed by atoms with Crippen molar-refractivity contribution in [1.29, 1.82) is 0 Å². The molecule has 1 aromatic carbocycles. The van der Waals surface area contributed by atoms with Gasteiger partial charge in [-0.25, -0.2) is 14.4 Å². The lowest BCUT2D eigenvalue weighted by molar-refractivity contribution is 0.187. The van der Waals surface area contributed by atoms with Crippen LogP contribution in [0.5, 0.6) is 0 Å². The Bertz CT molecular complexity index is 1550. The second-order valence-electron chi connectivity index (χ2n) is 11.3. The quantitative estimate of drug-likeness (QED) is 0.515. The minimum absolute atomic E-state index is 0. The first-order valence-corrected chi connectivity index (χ1v) is 13.5. The Balaban J connectivity index is 0.00000277. The number of amidine groups is 1. The van der Waals surface area contributed by atoms with Crippen LogP contribution in [0.3, 0.4) is 0 Å². The Hall–Kier alpha value is -3.59. The third kappa shape index (κ3) is 3.89. The number of hydrogen-bond acceptors (Lipinski definition) is 7. The van der Waals surface area contributed by atoms with E-state index >= 15 is 0 Å². The van der Waals surface area contributed by atoms with Crippen molar-refractivity contribution in [3.8, 4) is 0 Å². The van der Waals surface area contributed by atoms with E-state index in [1.165, 1.54) is 6.07 Å². The zero-order valence-corrected chi connectivity index (χ0v) is 21.9. The van der Waals surface area contributed by atoms with E-state index in [9.17, 15) is 9.18 Å². The van der Waals surface area contributed by atoms with Gasteiger partial charge in [0.15, 0.2) is 5.84 Å². The molecule has 0 amide bonds. The number of rotatable bonds is 1. The van der Waals surface area contributed by atoms with Gasteiger partial charge in [0, 0.05) is 44.5 Å². The topological polar surface area (TPSA) is 92.6 Å². The summed E-state index contributed by atoms with van der Waals surface area (Å²) in [7, 11) is 1.79. The number of hydrogen-bond donors (Lipinski definition) is 1. The third-order valence-electron chi connectivity index (χ3n) is 9.11. The number of nitrogens with two attached hydrogens (primary N) is 1. The first kappa shape index (κ1) is 25.7. The molecule has 1 fully saturated rings. The number of fused-ring (bicyclic) bond motifs is 3. The molecule has 0 unspecified atom stereocenters. The number of piperidine rings is 1. The van der Waals surface area contributed by atoms with Crippen LogP contribution < -0.4 is 21.1 Å². The molecule has 1 atom stereocenters. The minimum Gasteiger partial charge on any atom is -0.355 e. The molecule has 39 heavy (non-hydrogen) atoms. The van der Waals surface area contributed by atoms with Gasteiger partial charge < -0.3 is 20.1 Å². The van der Waals surface area contributed by atoms with Crippen LogP contribution in [-0.4, -0.2) is 40.0 Å². The van der Waals surface area contributed by atoms with E-state index in [0.29, 0.717) is 6.54 Å². The molecule has 0 bridgehead atoms. The third-order valence-corrected chi connectivity index (χ3v) is 9.11. The van der Waals surface area contributed by atoms with Crippen LogP contribution in [0.2, 0.25) is 0 Å². The SMILES string of the molecule is C.Cc1nc2c(nc1N1CCC3(CC1)Cc1cc(F)ccc1[C@H]3N)CN=C2N1CCCc2c1ccn(C)c2=O. The predicted octanol–water partition coefficient (Wildman–Crippen LogP) is 3.81. The van der Waals surface area contributed by atoms with Crippen molar-refractivity contribution >= 4 is 17.3 Å². The summed E-state index contributed by atoms with van der Waals surface area (Å²) in [4.78, 5) is 32.1. The molecule has 1 saturated heterocycles. The maximum absolute atomic E-state index is 13.8. The second kappa shape index (κ2) is 9.26. The molecular formula is C30H36FN7O. The molecule has 9 heteroatoms. The standard InChI is InChI=1S/C29H32FN7O.CH4/c1-17-26(36-12-8-29(9-13-36)15-18-14-19(30)5-6-20(18)25(29)31)34-22-16-32-27(24(22)33-17)37-10-3-4-21-23(37)7-11-35(2)28(21)38;/h5-7,11,14,25H,3-4,8-10,12-13,15-16,31H2,1-2H3;1H4/t25-;/m1./s1. The smallest absolute Gasteiger partial charge is 0.255 e. The molecular weight excluding hydrogens is 493 g/mol. The Morgan fingerprint density at radius 1 is 1.13 bits per heavy atom. The number of anilines is 2. The first-order chi connectivity index (χ1) is 18.3. The first-order valence-electron chi connectivity index (χ1n) is 13.5. The van der Waals surface area contributed by atoms with Crippen LogP contribution in [-0.2, 0) is 26.4 Å². The highest BCUT2D eigenvalue weighted by atomic mass is 19.1. The molecule has 0 radical (unpaired) electrons. The number of halogens is 1. The van der Waals surface area contributed by atoms with Gasteiger partial charge in [0.25, 0.3) is 5.56 Å². The fraction of sp³-hybridized carbons (Fsp3) is 0.467. The van der Waals surface area contributed by atoms with Crippen molar-refractivity contribution in [1.82, 2.24) is 14.5 Å². The fourth-order valence-electron chi connectivity index (χ4n) is 6.99. The normalized spacial score (nSPS) is 20.8. The minimum atomic E-state index is -0.188. The number of pyridine rings is 1.